The number of esters is 4. The molecule has 0 fully saturated rings. The van der Waals surface area contributed by atoms with E-state index < -0.39 is 53.9 Å². The van der Waals surface area contributed by atoms with E-state index in [1.165, 1.54) is 57.5 Å². The largest absolute Gasteiger partial charge is 0.493 e. The van der Waals surface area contributed by atoms with E-state index in [-0.39, 0.29) is 45.6 Å². The van der Waals surface area contributed by atoms with Gasteiger partial charge in [-0.3, -0.25) is 34.8 Å². The zero-order valence-corrected chi connectivity index (χ0v) is 27.6. The topological polar surface area (TPSA) is 248 Å². The van der Waals surface area contributed by atoms with Gasteiger partial charge in [-0.25, -0.2) is 14.4 Å². The van der Waals surface area contributed by atoms with E-state index in [1.54, 1.807) is 0 Å². The molecule has 0 aliphatic rings. The highest BCUT2D eigenvalue weighted by Crippen LogP contribution is 2.30. The quantitative estimate of drug-likeness (QED) is 0.112. The third-order valence-corrected chi connectivity index (χ3v) is 6.32. The number of aliphatic carboxylic acids is 1. The van der Waals surface area contributed by atoms with Crippen LogP contribution in [-0.2, 0) is 33.4 Å². The second-order valence-corrected chi connectivity index (χ2v) is 10.1. The molecule has 0 aliphatic carbocycles. The van der Waals surface area contributed by atoms with Crippen molar-refractivity contribution in [1.82, 2.24) is 10.9 Å². The fraction of sp³-hybridized carbons (Fsp3) is 0.212. The van der Waals surface area contributed by atoms with Gasteiger partial charge in [0.2, 0.25) is 18.1 Å². The summed E-state index contributed by atoms with van der Waals surface area (Å²) in [5.41, 5.74) is 3.71. The van der Waals surface area contributed by atoms with Crippen molar-refractivity contribution < 1.29 is 71.9 Å². The van der Waals surface area contributed by atoms with Gasteiger partial charge in [-0.1, -0.05) is 0 Å². The van der Waals surface area contributed by atoms with Crippen LogP contribution in [0.1, 0.15) is 51.8 Å². The molecule has 0 spiro atoms. The van der Waals surface area contributed by atoms with Crippen LogP contribution in [-0.4, -0.2) is 79.1 Å². The molecule has 3 aromatic carbocycles. The average Bonchev–Trinajstić information content (AvgIpc) is 3.08. The lowest BCUT2D eigenvalue weighted by molar-refractivity contribution is -0.159. The number of carbonyl (C=O) groups excluding carboxylic acids is 7. The molecule has 0 bridgehead atoms. The first-order chi connectivity index (χ1) is 24.1. The van der Waals surface area contributed by atoms with Crippen LogP contribution >= 0.6 is 0 Å². The van der Waals surface area contributed by atoms with E-state index in [4.69, 9.17) is 28.4 Å². The number of hydrogen-bond donors (Lipinski definition) is 4. The fourth-order valence-corrected chi connectivity index (χ4v) is 4.10. The Kier molecular flexibility index (Phi) is 13.1. The lowest BCUT2D eigenvalue weighted by atomic mass is 10.1. The lowest BCUT2D eigenvalue weighted by Crippen LogP contribution is -2.54. The predicted molar refractivity (Wildman–Crippen MR) is 171 cm³/mol. The summed E-state index contributed by atoms with van der Waals surface area (Å²) >= 11 is 0. The molecule has 2 atom stereocenters. The van der Waals surface area contributed by atoms with Crippen LogP contribution in [0.4, 0.5) is 5.69 Å². The molecule has 268 valence electrons. The molecule has 3 aromatic rings. The number of rotatable bonds is 13. The Morgan fingerprint density at radius 2 is 1.04 bits per heavy atom. The van der Waals surface area contributed by atoms with E-state index in [2.05, 4.69) is 5.32 Å². The molecule has 18 heteroatoms. The number of methoxy groups -OCH3 is 2. The van der Waals surface area contributed by atoms with Crippen molar-refractivity contribution in [1.29, 1.82) is 0 Å². The molecular formula is C33H31N3O15. The van der Waals surface area contributed by atoms with E-state index >= 15 is 0 Å². The van der Waals surface area contributed by atoms with E-state index in [0.717, 1.165) is 38.1 Å². The highest BCUT2D eigenvalue weighted by molar-refractivity contribution is 6.00. The number of carboxylic acids is 1. The summed E-state index contributed by atoms with van der Waals surface area (Å²) in [4.78, 5) is 99.0. The van der Waals surface area contributed by atoms with Crippen LogP contribution in [0.15, 0.2) is 60.7 Å². The molecule has 18 nitrogen and oxygen atoms in total. The molecule has 51 heavy (non-hydrogen) atoms. The second-order valence-electron chi connectivity index (χ2n) is 10.1. The smallest absolute Gasteiger partial charge is 0.349 e. The van der Waals surface area contributed by atoms with Crippen molar-refractivity contribution >= 4 is 53.3 Å². The van der Waals surface area contributed by atoms with Crippen LogP contribution in [0.25, 0.3) is 0 Å². The van der Waals surface area contributed by atoms with Gasteiger partial charge in [-0.2, -0.15) is 0 Å². The predicted octanol–water partition coefficient (Wildman–Crippen LogP) is 1.81. The zero-order chi connectivity index (χ0) is 37.8. The number of benzene rings is 3. The van der Waals surface area contributed by atoms with Crippen LogP contribution in [0.5, 0.6) is 23.0 Å². The molecular weight excluding hydrogens is 678 g/mol. The first-order valence-corrected chi connectivity index (χ1v) is 14.5. The van der Waals surface area contributed by atoms with Gasteiger partial charge in [-0.15, -0.1) is 0 Å². The molecule has 0 radical (unpaired) electrons. The minimum atomic E-state index is -2.52. The SMILES string of the molecule is COc1cc(C(=O)O[C@@H](C(=O)O)[C@@H](OC(=O)c2ccc(OC(C)=O)c(OC)c2)C(=O)NNC(=O)c2ccc(NC(C)=O)cc2)ccc1OC(C)=O. The van der Waals surface area contributed by atoms with Crippen molar-refractivity contribution in [3.8, 4) is 23.0 Å². The summed E-state index contributed by atoms with van der Waals surface area (Å²) in [6.45, 7) is 3.54. The average molecular weight is 710 g/mol. The highest BCUT2D eigenvalue weighted by atomic mass is 16.6. The summed E-state index contributed by atoms with van der Waals surface area (Å²) in [5.74, 6) is -9.06. The third-order valence-electron chi connectivity index (χ3n) is 6.32. The van der Waals surface area contributed by atoms with Gasteiger partial charge in [0.15, 0.2) is 23.0 Å². The van der Waals surface area contributed by atoms with E-state index in [0.29, 0.717) is 5.69 Å². The summed E-state index contributed by atoms with van der Waals surface area (Å²) < 4.78 is 30.6. The minimum Gasteiger partial charge on any atom is -0.493 e. The number of hydrazine groups is 1. The molecule has 3 rings (SSSR count). The van der Waals surface area contributed by atoms with Gasteiger partial charge in [-0.05, 0) is 60.7 Å². The summed E-state index contributed by atoms with van der Waals surface area (Å²) in [5, 5.41) is 12.6. The number of nitrogens with one attached hydrogen (secondary N) is 3. The highest BCUT2D eigenvalue weighted by Gasteiger charge is 2.41. The monoisotopic (exact) mass is 709 g/mol. The van der Waals surface area contributed by atoms with Crippen molar-refractivity contribution in [2.45, 2.75) is 33.0 Å². The zero-order valence-electron chi connectivity index (χ0n) is 27.6. The van der Waals surface area contributed by atoms with E-state index in [1.807, 2.05) is 10.9 Å². The Balaban J connectivity index is 1.93. The Bertz CT molecular complexity index is 1860. The minimum absolute atomic E-state index is 0.00901. The summed E-state index contributed by atoms with van der Waals surface area (Å²) in [7, 11) is 2.41. The van der Waals surface area contributed by atoms with Crippen molar-refractivity contribution in [3.05, 3.63) is 77.4 Å². The van der Waals surface area contributed by atoms with E-state index in [9.17, 15) is 43.5 Å². The van der Waals surface area contributed by atoms with Gasteiger partial charge in [0.25, 0.3) is 11.8 Å². The van der Waals surface area contributed by atoms with Crippen LogP contribution < -0.4 is 35.1 Å². The standard InChI is InChI=1S/C33H31N3O15/c1-16(37)34-22-10-6-19(7-11-22)29(40)35-36-30(41)27(50-32(44)20-8-12-23(48-17(2)38)25(14-20)46-4)28(31(42)43)51-33(45)21-9-13-24(49-18(3)39)26(15-21)47-5/h6-15,27-28H,1-5H3,(H,34,37)(H,35,40)(H,36,41)(H,42,43)/t27-,28-/m1/s1. The Hall–Kier alpha value is -6.98. The number of amides is 3. The molecule has 0 unspecified atom stereocenters. The number of carbonyl (C=O) groups is 8. The molecule has 0 aliphatic heterocycles. The number of carboxylic acid groups (broad SMARTS) is 1. The van der Waals surface area contributed by atoms with Crippen LogP contribution in [0.2, 0.25) is 0 Å². The van der Waals surface area contributed by atoms with Crippen molar-refractivity contribution in [3.63, 3.8) is 0 Å². The molecule has 0 heterocycles. The van der Waals surface area contributed by atoms with Gasteiger partial charge in [0.05, 0.1) is 25.3 Å². The van der Waals surface area contributed by atoms with Crippen LogP contribution in [0.3, 0.4) is 0 Å². The lowest BCUT2D eigenvalue weighted by Gasteiger charge is -2.24. The maximum Gasteiger partial charge on any atom is 0.349 e. The van der Waals surface area contributed by atoms with Crippen LogP contribution in [0, 0.1) is 0 Å². The third kappa shape index (κ3) is 10.8. The number of anilines is 1. The Labute approximate surface area is 288 Å². The number of ether oxygens (including phenoxy) is 6. The number of hydrogen-bond acceptors (Lipinski definition) is 14. The molecule has 0 aromatic heterocycles. The van der Waals surface area contributed by atoms with Gasteiger partial charge >= 0.3 is 29.8 Å². The fourth-order valence-electron chi connectivity index (χ4n) is 4.10. The maximum absolute atomic E-state index is 13.4. The first-order valence-electron chi connectivity index (χ1n) is 14.5. The van der Waals surface area contributed by atoms with Crippen molar-refractivity contribution in [2.24, 2.45) is 0 Å². The molecule has 0 saturated carbocycles. The normalized spacial score (nSPS) is 11.4. The molecule has 3 amide bonds. The molecule has 4 N–H and O–H groups in total. The van der Waals surface area contributed by atoms with Gasteiger partial charge in [0.1, 0.15) is 0 Å². The van der Waals surface area contributed by atoms with Gasteiger partial charge < -0.3 is 38.8 Å². The Morgan fingerprint density at radius 3 is 1.45 bits per heavy atom. The maximum atomic E-state index is 13.4. The molecule has 0 saturated heterocycles. The van der Waals surface area contributed by atoms with Crippen molar-refractivity contribution in [2.75, 3.05) is 19.5 Å². The Morgan fingerprint density at radius 1 is 0.588 bits per heavy atom. The summed E-state index contributed by atoms with van der Waals surface area (Å²) in [6.07, 6.45) is -4.96. The first kappa shape index (κ1) is 38.5. The second kappa shape index (κ2) is 17.4. The summed E-state index contributed by atoms with van der Waals surface area (Å²) in [6, 6.07) is 12.1. The van der Waals surface area contributed by atoms with Gasteiger partial charge in [0, 0.05) is 32.0 Å².